The number of pyridine rings is 1. The van der Waals surface area contributed by atoms with Crippen LogP contribution in [0, 0.1) is 0 Å². The fourth-order valence-corrected chi connectivity index (χ4v) is 4.84. The Morgan fingerprint density at radius 1 is 0.909 bits per heavy atom. The van der Waals surface area contributed by atoms with Crippen LogP contribution in [0.3, 0.4) is 0 Å². The Morgan fingerprint density at radius 3 is 2.24 bits per heavy atom. The van der Waals surface area contributed by atoms with Gasteiger partial charge in [0.05, 0.1) is 16.1 Å². The molecule has 0 saturated heterocycles. The van der Waals surface area contributed by atoms with Crippen LogP contribution in [-0.4, -0.2) is 23.2 Å². The molecule has 0 amide bonds. The van der Waals surface area contributed by atoms with E-state index in [0.717, 1.165) is 6.92 Å². The first kappa shape index (κ1) is 22.8. The number of sulfonamides is 1. The second-order valence-electron chi connectivity index (χ2n) is 8.89. The molecule has 4 rings (SSSR count). The van der Waals surface area contributed by atoms with Gasteiger partial charge in [-0.25, -0.2) is 13.1 Å². The largest absolute Gasteiger partial charge is 0.289 e. The van der Waals surface area contributed by atoms with Gasteiger partial charge >= 0.3 is 0 Å². The molecule has 33 heavy (non-hydrogen) atoms. The van der Waals surface area contributed by atoms with Gasteiger partial charge < -0.3 is 0 Å². The van der Waals surface area contributed by atoms with Crippen molar-refractivity contribution < 1.29 is 17.2 Å². The summed E-state index contributed by atoms with van der Waals surface area (Å²) in [5, 5.41) is 4.91. The number of aromatic nitrogens is 3. The van der Waals surface area contributed by atoms with Gasteiger partial charge in [0.2, 0.25) is 0 Å². The minimum Gasteiger partial charge on any atom is -0.263 e. The van der Waals surface area contributed by atoms with E-state index in [1.54, 1.807) is 75.5 Å². The van der Waals surface area contributed by atoms with Crippen LogP contribution in [0.5, 0.6) is 0 Å². The van der Waals surface area contributed by atoms with Crippen molar-refractivity contribution >= 4 is 26.7 Å². The molecule has 0 saturated carbocycles. The molecule has 0 aliphatic rings. The lowest BCUT2D eigenvalue weighted by Gasteiger charge is -2.23. The Morgan fingerprint density at radius 2 is 1.61 bits per heavy atom. The standard InChI is InChI=1S/C24H24F2N4O2S/c1-23(2,3)20-21(24(4,25)26)28-30(19-14-8-13-18-17(19)12-9-15-27-18)22(20)29-33(31,32)16-10-6-5-7-11-16/h5-15,29H,1-4H3. The van der Waals surface area contributed by atoms with Crippen molar-refractivity contribution in [3.63, 3.8) is 0 Å². The number of benzene rings is 2. The van der Waals surface area contributed by atoms with E-state index in [1.807, 2.05) is 0 Å². The number of hydrogen-bond acceptors (Lipinski definition) is 4. The van der Waals surface area contributed by atoms with Crippen molar-refractivity contribution in [2.45, 2.75) is 43.9 Å². The molecule has 0 fully saturated rings. The summed E-state index contributed by atoms with van der Waals surface area (Å²) >= 11 is 0. The monoisotopic (exact) mass is 470 g/mol. The summed E-state index contributed by atoms with van der Waals surface area (Å²) in [6.07, 6.45) is 1.63. The maximum absolute atomic E-state index is 14.8. The van der Waals surface area contributed by atoms with E-state index in [1.165, 1.54) is 16.8 Å². The third kappa shape index (κ3) is 4.32. The number of nitrogens with one attached hydrogen (secondary N) is 1. The molecule has 0 unspecified atom stereocenters. The van der Waals surface area contributed by atoms with E-state index >= 15 is 0 Å². The molecule has 0 spiro atoms. The molecule has 0 radical (unpaired) electrons. The lowest BCUT2D eigenvalue weighted by atomic mass is 9.85. The van der Waals surface area contributed by atoms with E-state index in [2.05, 4.69) is 14.8 Å². The number of anilines is 1. The maximum atomic E-state index is 14.8. The van der Waals surface area contributed by atoms with Crippen LogP contribution >= 0.6 is 0 Å². The van der Waals surface area contributed by atoms with Crippen molar-refractivity contribution in [3.05, 3.63) is 78.1 Å². The Balaban J connectivity index is 2.06. The highest BCUT2D eigenvalue weighted by Crippen LogP contribution is 2.42. The molecule has 6 nitrogen and oxygen atoms in total. The number of fused-ring (bicyclic) bond motifs is 1. The Bertz CT molecular complexity index is 1420. The second kappa shape index (κ2) is 7.91. The fraction of sp³-hybridized carbons (Fsp3) is 0.250. The van der Waals surface area contributed by atoms with Crippen LogP contribution in [0.25, 0.3) is 16.6 Å². The summed E-state index contributed by atoms with van der Waals surface area (Å²) in [4.78, 5) is 4.33. The maximum Gasteiger partial charge on any atom is 0.289 e. The molecule has 4 aromatic rings. The quantitative estimate of drug-likeness (QED) is 0.410. The minimum absolute atomic E-state index is 0.0157. The number of hydrogen-bond donors (Lipinski definition) is 1. The van der Waals surface area contributed by atoms with Crippen LogP contribution in [0.2, 0.25) is 0 Å². The van der Waals surface area contributed by atoms with Crippen LogP contribution in [-0.2, 0) is 21.4 Å². The first-order valence-electron chi connectivity index (χ1n) is 10.3. The second-order valence-corrected chi connectivity index (χ2v) is 10.6. The van der Waals surface area contributed by atoms with Gasteiger partial charge in [-0.2, -0.15) is 13.9 Å². The predicted molar refractivity (Wildman–Crippen MR) is 124 cm³/mol. The molecule has 0 aliphatic heterocycles. The molecule has 0 aliphatic carbocycles. The number of nitrogens with zero attached hydrogens (tertiary/aromatic N) is 3. The Hall–Kier alpha value is -3.33. The summed E-state index contributed by atoms with van der Waals surface area (Å²) < 4.78 is 59.8. The summed E-state index contributed by atoms with van der Waals surface area (Å²) in [7, 11) is -4.08. The Kier molecular flexibility index (Phi) is 5.48. The molecule has 0 atom stereocenters. The van der Waals surface area contributed by atoms with E-state index in [0.29, 0.717) is 16.6 Å². The molecular formula is C24H24F2N4O2S. The van der Waals surface area contributed by atoms with Gasteiger partial charge in [-0.05, 0) is 41.8 Å². The third-order valence-corrected chi connectivity index (χ3v) is 6.54. The van der Waals surface area contributed by atoms with Gasteiger partial charge in [-0.1, -0.05) is 45.0 Å². The van der Waals surface area contributed by atoms with Gasteiger partial charge in [-0.3, -0.25) is 9.71 Å². The van der Waals surface area contributed by atoms with Crippen LogP contribution in [0.1, 0.15) is 39.0 Å². The zero-order chi connectivity index (χ0) is 24.0. The molecule has 2 aromatic carbocycles. The van der Waals surface area contributed by atoms with Gasteiger partial charge in [0.15, 0.2) is 0 Å². The molecule has 1 N–H and O–H groups in total. The van der Waals surface area contributed by atoms with Gasteiger partial charge in [0.1, 0.15) is 11.5 Å². The van der Waals surface area contributed by atoms with E-state index in [4.69, 9.17) is 0 Å². The fourth-order valence-electron chi connectivity index (χ4n) is 3.76. The Labute approximate surface area is 191 Å². The topological polar surface area (TPSA) is 76.9 Å². The molecule has 0 bridgehead atoms. The van der Waals surface area contributed by atoms with Crippen molar-refractivity contribution in [3.8, 4) is 5.69 Å². The van der Waals surface area contributed by atoms with Crippen molar-refractivity contribution in [1.82, 2.24) is 14.8 Å². The molecule has 2 aromatic heterocycles. The highest BCUT2D eigenvalue weighted by atomic mass is 32.2. The smallest absolute Gasteiger partial charge is 0.263 e. The summed E-state index contributed by atoms with van der Waals surface area (Å²) in [5.74, 6) is -3.33. The molecule has 172 valence electrons. The van der Waals surface area contributed by atoms with E-state index in [-0.39, 0.29) is 16.3 Å². The van der Waals surface area contributed by atoms with Gasteiger partial charge in [0, 0.05) is 24.1 Å². The van der Waals surface area contributed by atoms with E-state index in [9.17, 15) is 17.2 Å². The molecular weight excluding hydrogens is 446 g/mol. The van der Waals surface area contributed by atoms with Crippen molar-refractivity contribution in [2.24, 2.45) is 0 Å². The first-order chi connectivity index (χ1) is 15.4. The normalized spacial score (nSPS) is 12.8. The highest BCUT2D eigenvalue weighted by molar-refractivity contribution is 7.92. The summed E-state index contributed by atoms with van der Waals surface area (Å²) in [5.41, 5.74) is -0.140. The average molecular weight is 471 g/mol. The zero-order valence-corrected chi connectivity index (χ0v) is 19.5. The number of rotatable bonds is 5. The first-order valence-corrected chi connectivity index (χ1v) is 11.8. The van der Waals surface area contributed by atoms with Crippen LogP contribution in [0.15, 0.2) is 71.8 Å². The van der Waals surface area contributed by atoms with Crippen LogP contribution < -0.4 is 4.72 Å². The van der Waals surface area contributed by atoms with Gasteiger partial charge in [-0.15, -0.1) is 0 Å². The third-order valence-electron chi connectivity index (χ3n) is 5.19. The van der Waals surface area contributed by atoms with E-state index < -0.39 is 27.1 Å². The number of halogens is 2. The summed E-state index contributed by atoms with van der Waals surface area (Å²) in [6.45, 7) is 5.99. The average Bonchev–Trinajstić information content (AvgIpc) is 3.13. The lowest BCUT2D eigenvalue weighted by molar-refractivity contribution is 0.0107. The van der Waals surface area contributed by atoms with Crippen molar-refractivity contribution in [1.29, 1.82) is 0 Å². The highest BCUT2D eigenvalue weighted by Gasteiger charge is 2.40. The predicted octanol–water partition coefficient (Wildman–Crippen LogP) is 5.63. The molecule has 2 heterocycles. The zero-order valence-electron chi connectivity index (χ0n) is 18.7. The van der Waals surface area contributed by atoms with Gasteiger partial charge in [0.25, 0.3) is 15.9 Å². The summed E-state index contributed by atoms with van der Waals surface area (Å²) in [6, 6.07) is 16.5. The minimum atomic E-state index is -4.08. The number of alkyl halides is 2. The van der Waals surface area contributed by atoms with Crippen molar-refractivity contribution in [2.75, 3.05) is 4.72 Å². The lowest BCUT2D eigenvalue weighted by Crippen LogP contribution is -2.23. The van der Waals surface area contributed by atoms with Crippen LogP contribution in [0.4, 0.5) is 14.6 Å². The SMILES string of the molecule is CC(C)(C)c1c(C(C)(F)F)nn(-c2cccc3ncccc23)c1NS(=O)(=O)c1ccccc1. The molecule has 9 heteroatoms.